The van der Waals surface area contributed by atoms with Crippen LogP contribution in [0.25, 0.3) is 11.1 Å². The van der Waals surface area contributed by atoms with Crippen molar-refractivity contribution in [3.63, 3.8) is 0 Å². The van der Waals surface area contributed by atoms with E-state index >= 15 is 0 Å². The molecule has 0 heterocycles. The summed E-state index contributed by atoms with van der Waals surface area (Å²) in [7, 11) is 0. The first-order valence-electron chi connectivity index (χ1n) is 7.90. The highest BCUT2D eigenvalue weighted by molar-refractivity contribution is 8.00. The highest BCUT2D eigenvalue weighted by atomic mass is 32.2. The van der Waals surface area contributed by atoms with Gasteiger partial charge in [-0.1, -0.05) is 56.3 Å². The molecule has 0 aliphatic heterocycles. The fourth-order valence-electron chi connectivity index (χ4n) is 2.03. The van der Waals surface area contributed by atoms with E-state index < -0.39 is 6.03 Å². The molecule has 0 aliphatic rings. The Labute approximate surface area is 147 Å². The number of carbonyl (C=O) groups excluding carboxylic acids is 2. The fourth-order valence-corrected chi connectivity index (χ4v) is 2.73. The molecule has 0 saturated heterocycles. The van der Waals surface area contributed by atoms with Crippen molar-refractivity contribution >= 4 is 23.7 Å². The van der Waals surface area contributed by atoms with Crippen LogP contribution in [0.2, 0.25) is 0 Å². The van der Waals surface area contributed by atoms with Gasteiger partial charge in [-0.05, 0) is 29.2 Å². The van der Waals surface area contributed by atoms with Crippen LogP contribution in [0.15, 0.2) is 59.5 Å². The predicted molar refractivity (Wildman–Crippen MR) is 99.0 cm³/mol. The van der Waals surface area contributed by atoms with Gasteiger partial charge in [0.1, 0.15) is 0 Å². The number of imide groups is 1. The van der Waals surface area contributed by atoms with Crippen molar-refractivity contribution in [2.24, 2.45) is 5.92 Å². The van der Waals surface area contributed by atoms with Gasteiger partial charge in [-0.15, -0.1) is 11.8 Å². The number of hydrogen-bond acceptors (Lipinski definition) is 3. The zero-order valence-electron chi connectivity index (χ0n) is 13.9. The lowest BCUT2D eigenvalue weighted by Crippen LogP contribution is -2.41. The minimum atomic E-state index is -0.436. The summed E-state index contributed by atoms with van der Waals surface area (Å²) in [5, 5.41) is 4.99. The van der Waals surface area contributed by atoms with Crippen molar-refractivity contribution in [1.82, 2.24) is 10.6 Å². The molecule has 0 atom stereocenters. The van der Waals surface area contributed by atoms with E-state index in [0.717, 1.165) is 16.0 Å². The monoisotopic (exact) mass is 342 g/mol. The molecule has 0 spiro atoms. The van der Waals surface area contributed by atoms with Gasteiger partial charge in [0.2, 0.25) is 5.91 Å². The second kappa shape index (κ2) is 9.13. The topological polar surface area (TPSA) is 58.2 Å². The SMILES string of the molecule is CC(C)CNC(=O)NC(=O)CSc1ccc(-c2ccccc2)cc1. The molecule has 2 aromatic rings. The maximum absolute atomic E-state index is 11.8. The molecule has 2 aromatic carbocycles. The summed E-state index contributed by atoms with van der Waals surface area (Å²) in [6, 6.07) is 17.7. The van der Waals surface area contributed by atoms with Crippen molar-refractivity contribution in [1.29, 1.82) is 0 Å². The van der Waals surface area contributed by atoms with Gasteiger partial charge in [0.25, 0.3) is 0 Å². The van der Waals surface area contributed by atoms with E-state index in [1.807, 2.05) is 56.3 Å². The number of urea groups is 1. The Morgan fingerprint density at radius 2 is 1.58 bits per heavy atom. The molecule has 0 fully saturated rings. The summed E-state index contributed by atoms with van der Waals surface area (Å²) in [5.74, 6) is 0.261. The minimum absolute atomic E-state index is 0.208. The summed E-state index contributed by atoms with van der Waals surface area (Å²) in [5.41, 5.74) is 2.30. The van der Waals surface area contributed by atoms with E-state index in [4.69, 9.17) is 0 Å². The van der Waals surface area contributed by atoms with E-state index in [9.17, 15) is 9.59 Å². The summed E-state index contributed by atoms with van der Waals surface area (Å²) < 4.78 is 0. The lowest BCUT2D eigenvalue weighted by atomic mass is 10.1. The molecule has 24 heavy (non-hydrogen) atoms. The van der Waals surface area contributed by atoms with E-state index in [2.05, 4.69) is 22.8 Å². The maximum Gasteiger partial charge on any atom is 0.321 e. The molecular formula is C19H22N2O2S. The summed E-state index contributed by atoms with van der Waals surface area (Å²) in [6.45, 7) is 4.54. The van der Waals surface area contributed by atoms with Gasteiger partial charge >= 0.3 is 6.03 Å². The third kappa shape index (κ3) is 6.08. The normalized spacial score (nSPS) is 10.5. The molecule has 0 unspecified atom stereocenters. The largest absolute Gasteiger partial charge is 0.338 e. The van der Waals surface area contributed by atoms with Crippen LogP contribution in [0, 0.1) is 5.92 Å². The lowest BCUT2D eigenvalue weighted by Gasteiger charge is -2.08. The third-order valence-corrected chi connectivity index (χ3v) is 4.27. The molecule has 3 amide bonds. The number of carbonyl (C=O) groups is 2. The quantitative estimate of drug-likeness (QED) is 0.782. The molecular weight excluding hydrogens is 320 g/mol. The first kappa shape index (κ1) is 18.1. The zero-order valence-corrected chi connectivity index (χ0v) is 14.7. The van der Waals surface area contributed by atoms with Gasteiger partial charge < -0.3 is 5.32 Å². The van der Waals surface area contributed by atoms with Crippen molar-refractivity contribution in [2.75, 3.05) is 12.3 Å². The van der Waals surface area contributed by atoms with Crippen LogP contribution in [0.3, 0.4) is 0 Å². The molecule has 2 N–H and O–H groups in total. The Morgan fingerprint density at radius 1 is 0.958 bits per heavy atom. The van der Waals surface area contributed by atoms with Crippen molar-refractivity contribution in [2.45, 2.75) is 18.7 Å². The molecule has 0 aliphatic carbocycles. The van der Waals surface area contributed by atoms with Crippen molar-refractivity contribution in [3.05, 3.63) is 54.6 Å². The van der Waals surface area contributed by atoms with Crippen LogP contribution < -0.4 is 10.6 Å². The Balaban J connectivity index is 1.80. The van der Waals surface area contributed by atoms with Crippen LogP contribution in [-0.2, 0) is 4.79 Å². The summed E-state index contributed by atoms with van der Waals surface area (Å²) in [6.07, 6.45) is 0. The van der Waals surface area contributed by atoms with Crippen LogP contribution in [-0.4, -0.2) is 24.2 Å². The summed E-state index contributed by atoms with van der Waals surface area (Å²) >= 11 is 1.41. The Morgan fingerprint density at radius 3 is 2.21 bits per heavy atom. The van der Waals surface area contributed by atoms with E-state index in [-0.39, 0.29) is 11.7 Å². The molecule has 4 nitrogen and oxygen atoms in total. The number of benzene rings is 2. The first-order chi connectivity index (χ1) is 11.5. The van der Waals surface area contributed by atoms with E-state index in [0.29, 0.717) is 12.5 Å². The van der Waals surface area contributed by atoms with Crippen molar-refractivity contribution in [3.8, 4) is 11.1 Å². The molecule has 5 heteroatoms. The number of amides is 3. The van der Waals surface area contributed by atoms with Crippen LogP contribution in [0.4, 0.5) is 4.79 Å². The van der Waals surface area contributed by atoms with Crippen LogP contribution in [0.1, 0.15) is 13.8 Å². The minimum Gasteiger partial charge on any atom is -0.338 e. The maximum atomic E-state index is 11.8. The average molecular weight is 342 g/mol. The molecule has 0 radical (unpaired) electrons. The predicted octanol–water partition coefficient (Wildman–Crippen LogP) is 3.93. The van der Waals surface area contributed by atoms with Crippen LogP contribution >= 0.6 is 11.8 Å². The second-order valence-electron chi connectivity index (χ2n) is 5.83. The smallest absolute Gasteiger partial charge is 0.321 e. The molecule has 0 aromatic heterocycles. The average Bonchev–Trinajstić information content (AvgIpc) is 2.59. The molecule has 0 saturated carbocycles. The van der Waals surface area contributed by atoms with Crippen molar-refractivity contribution < 1.29 is 9.59 Å². The summed E-state index contributed by atoms with van der Waals surface area (Å²) in [4.78, 5) is 24.3. The Bertz CT molecular complexity index is 670. The highest BCUT2D eigenvalue weighted by Gasteiger charge is 2.08. The van der Waals surface area contributed by atoms with Gasteiger partial charge in [0.05, 0.1) is 5.75 Å². The van der Waals surface area contributed by atoms with Gasteiger partial charge in [0, 0.05) is 11.4 Å². The third-order valence-electron chi connectivity index (χ3n) is 3.26. The number of rotatable bonds is 6. The number of thioether (sulfide) groups is 1. The fraction of sp³-hybridized carbons (Fsp3) is 0.263. The zero-order chi connectivity index (χ0) is 17.4. The van der Waals surface area contributed by atoms with E-state index in [1.165, 1.54) is 11.8 Å². The van der Waals surface area contributed by atoms with Crippen LogP contribution in [0.5, 0.6) is 0 Å². The van der Waals surface area contributed by atoms with Gasteiger partial charge in [0.15, 0.2) is 0 Å². The van der Waals surface area contributed by atoms with Gasteiger partial charge in [-0.3, -0.25) is 10.1 Å². The number of hydrogen-bond donors (Lipinski definition) is 2. The Hall–Kier alpha value is -2.27. The first-order valence-corrected chi connectivity index (χ1v) is 8.89. The Kier molecular flexibility index (Phi) is 6.88. The second-order valence-corrected chi connectivity index (χ2v) is 6.88. The standard InChI is InChI=1S/C19H22N2O2S/c1-14(2)12-20-19(23)21-18(22)13-24-17-10-8-16(9-11-17)15-6-4-3-5-7-15/h3-11,14H,12-13H2,1-2H3,(H2,20,21,22,23). The number of nitrogens with one attached hydrogen (secondary N) is 2. The van der Waals surface area contributed by atoms with Gasteiger partial charge in [-0.25, -0.2) is 4.79 Å². The molecule has 2 rings (SSSR count). The molecule has 126 valence electrons. The molecule has 0 bridgehead atoms. The lowest BCUT2D eigenvalue weighted by molar-refractivity contribution is -0.117. The highest BCUT2D eigenvalue weighted by Crippen LogP contribution is 2.23. The van der Waals surface area contributed by atoms with E-state index in [1.54, 1.807) is 0 Å². The van der Waals surface area contributed by atoms with Gasteiger partial charge in [-0.2, -0.15) is 0 Å².